The summed E-state index contributed by atoms with van der Waals surface area (Å²) in [5, 5.41) is 19.9. The van der Waals surface area contributed by atoms with Crippen molar-refractivity contribution in [1.29, 1.82) is 0 Å². The van der Waals surface area contributed by atoms with Gasteiger partial charge in [-0.25, -0.2) is 9.97 Å². The van der Waals surface area contributed by atoms with E-state index in [-0.39, 0.29) is 55.9 Å². The van der Waals surface area contributed by atoms with Crippen LogP contribution in [0.2, 0.25) is 0 Å². The lowest BCUT2D eigenvalue weighted by molar-refractivity contribution is -0.136. The molecular weight excluding hydrogens is 536 g/mol. The molecule has 0 aliphatic carbocycles. The van der Waals surface area contributed by atoms with Gasteiger partial charge in [-0.1, -0.05) is 44.2 Å². The highest BCUT2D eigenvalue weighted by Gasteiger charge is 2.28. The molecule has 13 heteroatoms. The van der Waals surface area contributed by atoms with Gasteiger partial charge < -0.3 is 30.4 Å². The highest BCUT2D eigenvalue weighted by Crippen LogP contribution is 2.26. The first kappa shape index (κ1) is 28.9. The number of rotatable bonds is 5. The van der Waals surface area contributed by atoms with E-state index in [2.05, 4.69) is 25.9 Å². The quantitative estimate of drug-likeness (QED) is 0.360. The highest BCUT2D eigenvalue weighted by atomic mass is 32.1. The van der Waals surface area contributed by atoms with Gasteiger partial charge in [0.1, 0.15) is 23.0 Å². The molecule has 2 aromatic heterocycles. The Balaban J connectivity index is 1.67. The normalized spacial score (nSPS) is 18.9. The van der Waals surface area contributed by atoms with Crippen LogP contribution in [0, 0.1) is 5.92 Å². The highest BCUT2D eigenvalue weighted by molar-refractivity contribution is 7.09. The maximum Gasteiger partial charge on any atom is 0.273 e. The van der Waals surface area contributed by atoms with Gasteiger partial charge in [0.05, 0.1) is 19.2 Å². The maximum atomic E-state index is 13.3. The van der Waals surface area contributed by atoms with E-state index in [1.165, 1.54) is 22.5 Å². The van der Waals surface area contributed by atoms with E-state index in [0.29, 0.717) is 11.4 Å². The number of carbonyl (C=O) groups is 4. The van der Waals surface area contributed by atoms with Gasteiger partial charge >= 0.3 is 0 Å². The van der Waals surface area contributed by atoms with E-state index in [4.69, 9.17) is 4.42 Å². The molecule has 4 N–H and O–H groups in total. The van der Waals surface area contributed by atoms with Crippen molar-refractivity contribution in [3.8, 4) is 0 Å². The van der Waals surface area contributed by atoms with Crippen molar-refractivity contribution in [3.63, 3.8) is 0 Å². The van der Waals surface area contributed by atoms with E-state index in [0.717, 1.165) is 5.56 Å². The second-order valence-electron chi connectivity index (χ2n) is 9.69. The van der Waals surface area contributed by atoms with E-state index >= 15 is 0 Å². The molecule has 40 heavy (non-hydrogen) atoms. The summed E-state index contributed by atoms with van der Waals surface area (Å²) in [6.45, 7) is 3.28. The van der Waals surface area contributed by atoms with Crippen LogP contribution in [-0.4, -0.2) is 69.8 Å². The monoisotopic (exact) mass is 568 g/mol. The number of carbonyl (C=O) groups excluding carboxylic acids is 4. The minimum atomic E-state index is -0.687. The van der Waals surface area contributed by atoms with E-state index in [1.54, 1.807) is 5.38 Å². The van der Waals surface area contributed by atoms with Crippen LogP contribution in [0.3, 0.4) is 0 Å². The van der Waals surface area contributed by atoms with Crippen LogP contribution >= 0.6 is 11.3 Å². The Labute approximate surface area is 235 Å². The SMILES string of the molecule is CC(C)[C@@H]1NC(=O)CN(C(=O)CCO)CCNC(=O)c2coc(n2)[C@H](Cc2ccccc2)NC(=O)c2csc1n2. The van der Waals surface area contributed by atoms with Crippen molar-refractivity contribution >= 4 is 35.0 Å². The number of aromatic nitrogens is 2. The number of oxazole rings is 1. The number of amides is 4. The molecule has 1 aromatic carbocycles. The summed E-state index contributed by atoms with van der Waals surface area (Å²) < 4.78 is 5.62. The van der Waals surface area contributed by atoms with Crippen LogP contribution in [0.1, 0.15) is 69.8 Å². The molecule has 0 radical (unpaired) electrons. The smallest absolute Gasteiger partial charge is 0.273 e. The summed E-state index contributed by atoms with van der Waals surface area (Å²) in [6, 6.07) is 8.29. The zero-order chi connectivity index (χ0) is 28.6. The molecule has 3 heterocycles. The number of nitrogens with one attached hydrogen (secondary N) is 3. The Hall–Kier alpha value is -4.10. The summed E-state index contributed by atoms with van der Waals surface area (Å²) in [6.07, 6.45) is 1.41. The zero-order valence-corrected chi connectivity index (χ0v) is 23.1. The predicted octanol–water partition coefficient (Wildman–Crippen LogP) is 1.61. The standard InChI is InChI=1S/C27H32N6O6S/c1-16(2)23-27-31-20(15-40-27)25(38)29-18(12-17-6-4-3-5-7-17)26-30-19(14-39-26)24(37)28-9-10-33(13-21(35)32-23)22(36)8-11-34/h3-7,14-16,18,23,34H,8-13H2,1-2H3,(H,28,37)(H,29,38)(H,32,35)/t18-,23-/m0/s1. The third-order valence-electron chi connectivity index (χ3n) is 6.32. The summed E-state index contributed by atoms with van der Waals surface area (Å²) in [5.41, 5.74) is 1.10. The Morgan fingerprint density at radius 2 is 1.90 bits per heavy atom. The maximum absolute atomic E-state index is 13.3. The molecule has 4 rings (SSSR count). The van der Waals surface area contributed by atoms with Crippen LogP contribution in [-0.2, 0) is 16.0 Å². The molecule has 0 unspecified atom stereocenters. The van der Waals surface area contributed by atoms with Crippen LogP contribution in [0.4, 0.5) is 0 Å². The molecule has 2 atom stereocenters. The van der Waals surface area contributed by atoms with Crippen molar-refractivity contribution in [2.75, 3.05) is 26.2 Å². The van der Waals surface area contributed by atoms with Crippen LogP contribution < -0.4 is 16.0 Å². The number of benzene rings is 1. The Kier molecular flexibility index (Phi) is 9.61. The molecule has 3 aromatic rings. The molecule has 0 spiro atoms. The minimum Gasteiger partial charge on any atom is -0.446 e. The Bertz CT molecular complexity index is 1340. The second kappa shape index (κ2) is 13.3. The van der Waals surface area contributed by atoms with Crippen LogP contribution in [0.15, 0.2) is 46.4 Å². The Morgan fingerprint density at radius 3 is 2.62 bits per heavy atom. The molecule has 4 amide bonds. The summed E-state index contributed by atoms with van der Waals surface area (Å²) >= 11 is 1.25. The van der Waals surface area contributed by atoms with Crippen molar-refractivity contribution in [1.82, 2.24) is 30.8 Å². The van der Waals surface area contributed by atoms with Gasteiger partial charge in [-0.2, -0.15) is 0 Å². The Morgan fingerprint density at radius 1 is 1.12 bits per heavy atom. The summed E-state index contributed by atoms with van der Waals surface area (Å²) in [4.78, 5) is 61.7. The number of aliphatic hydroxyl groups is 1. The average Bonchev–Trinajstić information content (AvgIpc) is 3.62. The van der Waals surface area contributed by atoms with E-state index in [1.807, 2.05) is 44.2 Å². The topological polar surface area (TPSA) is 167 Å². The van der Waals surface area contributed by atoms with Gasteiger partial charge in [0, 0.05) is 31.3 Å². The number of fused-ring (bicyclic) bond motifs is 4. The van der Waals surface area contributed by atoms with Gasteiger partial charge in [0.2, 0.25) is 17.7 Å². The lowest BCUT2D eigenvalue weighted by Crippen LogP contribution is -2.45. The van der Waals surface area contributed by atoms with Crippen LogP contribution in [0.25, 0.3) is 0 Å². The van der Waals surface area contributed by atoms with Crippen molar-refractivity contribution in [3.05, 3.63) is 69.8 Å². The fraction of sp³-hybridized carbons (Fsp3) is 0.407. The van der Waals surface area contributed by atoms with Crippen molar-refractivity contribution in [2.24, 2.45) is 5.92 Å². The molecular formula is C27H32N6O6S. The number of aliphatic hydroxyl groups excluding tert-OH is 1. The molecule has 212 valence electrons. The van der Waals surface area contributed by atoms with Crippen molar-refractivity contribution in [2.45, 2.75) is 38.8 Å². The molecule has 1 aliphatic rings. The molecule has 0 saturated heterocycles. The lowest BCUT2D eigenvalue weighted by Gasteiger charge is -2.25. The van der Waals surface area contributed by atoms with Gasteiger partial charge in [-0.3, -0.25) is 19.2 Å². The first-order valence-electron chi connectivity index (χ1n) is 13.0. The third kappa shape index (κ3) is 7.30. The molecule has 4 bridgehead atoms. The zero-order valence-electron chi connectivity index (χ0n) is 22.3. The average molecular weight is 569 g/mol. The third-order valence-corrected chi connectivity index (χ3v) is 7.25. The first-order valence-corrected chi connectivity index (χ1v) is 13.8. The molecule has 0 fully saturated rings. The fourth-order valence-electron chi connectivity index (χ4n) is 4.22. The molecule has 1 aliphatic heterocycles. The summed E-state index contributed by atoms with van der Waals surface area (Å²) in [7, 11) is 0. The first-order chi connectivity index (χ1) is 19.2. The molecule has 0 saturated carbocycles. The van der Waals surface area contributed by atoms with Crippen molar-refractivity contribution < 1.29 is 28.7 Å². The fourth-order valence-corrected chi connectivity index (χ4v) is 5.24. The van der Waals surface area contributed by atoms with E-state index in [9.17, 15) is 24.3 Å². The second-order valence-corrected chi connectivity index (χ2v) is 10.6. The number of hydrogen-bond donors (Lipinski definition) is 4. The van der Waals surface area contributed by atoms with Gasteiger partial charge in [0.15, 0.2) is 5.69 Å². The van der Waals surface area contributed by atoms with Crippen LogP contribution in [0.5, 0.6) is 0 Å². The minimum absolute atomic E-state index is 0.00475. The molecule has 12 nitrogen and oxygen atoms in total. The number of nitrogens with zero attached hydrogens (tertiary/aromatic N) is 3. The van der Waals surface area contributed by atoms with Gasteiger partial charge in [-0.15, -0.1) is 11.3 Å². The number of hydrogen-bond acceptors (Lipinski definition) is 9. The largest absolute Gasteiger partial charge is 0.446 e. The van der Waals surface area contributed by atoms with E-state index < -0.39 is 35.7 Å². The lowest BCUT2D eigenvalue weighted by atomic mass is 10.0. The van der Waals surface area contributed by atoms with Gasteiger partial charge in [0.25, 0.3) is 11.8 Å². The number of thiazole rings is 1. The summed E-state index contributed by atoms with van der Waals surface area (Å²) in [5.74, 6) is -1.75. The van der Waals surface area contributed by atoms with Gasteiger partial charge in [-0.05, 0) is 11.5 Å². The predicted molar refractivity (Wildman–Crippen MR) is 145 cm³/mol.